The van der Waals surface area contributed by atoms with Crippen LogP contribution < -0.4 is 14.8 Å². The number of rotatable bonds is 7. The van der Waals surface area contributed by atoms with Crippen LogP contribution in [0.5, 0.6) is 11.5 Å². The number of hydrogen-bond acceptors (Lipinski definition) is 4. The molecule has 0 aliphatic carbocycles. The number of carbonyl (C=O) groups excluding carboxylic acids is 1. The van der Waals surface area contributed by atoms with Crippen molar-refractivity contribution in [2.24, 2.45) is 0 Å². The molecule has 2 N–H and O–H groups in total. The molecule has 0 saturated heterocycles. The molecule has 23 heavy (non-hydrogen) atoms. The summed E-state index contributed by atoms with van der Waals surface area (Å²) < 4.78 is 11.7. The van der Waals surface area contributed by atoms with Crippen LogP contribution in [0.4, 0.5) is 0 Å². The van der Waals surface area contributed by atoms with Gasteiger partial charge in [-0.25, -0.2) is 0 Å². The Balaban J connectivity index is 1.99. The summed E-state index contributed by atoms with van der Waals surface area (Å²) in [7, 11) is 1.55. The largest absolute Gasteiger partial charge is 0.493 e. The zero-order chi connectivity index (χ0) is 16.7. The van der Waals surface area contributed by atoms with Crippen molar-refractivity contribution in [3.8, 4) is 11.5 Å². The Morgan fingerprint density at radius 3 is 2.57 bits per heavy atom. The van der Waals surface area contributed by atoms with Gasteiger partial charge in [0.05, 0.1) is 13.7 Å². The van der Waals surface area contributed by atoms with Crippen molar-refractivity contribution in [2.75, 3.05) is 20.3 Å². The first-order valence-corrected chi connectivity index (χ1v) is 8.16. The minimum atomic E-state index is -0.124. The number of ether oxygens (including phenoxy) is 2. The predicted molar refractivity (Wildman–Crippen MR) is 95.9 cm³/mol. The van der Waals surface area contributed by atoms with E-state index in [1.807, 2.05) is 18.2 Å². The van der Waals surface area contributed by atoms with Crippen molar-refractivity contribution < 1.29 is 19.4 Å². The first-order chi connectivity index (χ1) is 11.1. The molecule has 0 saturated carbocycles. The summed E-state index contributed by atoms with van der Waals surface area (Å²) in [5.74, 6) is 1.01. The first kappa shape index (κ1) is 17.6. The van der Waals surface area contributed by atoms with Crippen LogP contribution >= 0.6 is 22.6 Å². The minimum Gasteiger partial charge on any atom is -0.493 e. The molecule has 0 aliphatic heterocycles. The van der Waals surface area contributed by atoms with Gasteiger partial charge in [-0.2, -0.15) is 0 Å². The van der Waals surface area contributed by atoms with Crippen LogP contribution in [-0.2, 0) is 6.54 Å². The zero-order valence-electron chi connectivity index (χ0n) is 12.7. The molecule has 2 rings (SSSR count). The average molecular weight is 427 g/mol. The maximum Gasteiger partial charge on any atom is 0.251 e. The van der Waals surface area contributed by atoms with Crippen molar-refractivity contribution in [3.05, 3.63) is 57.2 Å². The quantitative estimate of drug-likeness (QED) is 0.667. The Bertz CT molecular complexity index is 658. The molecule has 0 atom stereocenters. The summed E-state index contributed by atoms with van der Waals surface area (Å²) in [6.45, 7) is 0.539. The van der Waals surface area contributed by atoms with Crippen LogP contribution in [0.1, 0.15) is 15.9 Å². The van der Waals surface area contributed by atoms with Crippen LogP contribution in [0.3, 0.4) is 0 Å². The Labute approximate surface area is 148 Å². The van der Waals surface area contributed by atoms with Crippen LogP contribution in [0.2, 0.25) is 0 Å². The lowest BCUT2D eigenvalue weighted by molar-refractivity contribution is 0.0951. The number of aliphatic hydroxyl groups excluding tert-OH is 1. The molecule has 0 unspecified atom stereocenters. The summed E-state index contributed by atoms with van der Waals surface area (Å²) >= 11 is 2.20. The maximum absolute atomic E-state index is 12.1. The van der Waals surface area contributed by atoms with Gasteiger partial charge in [0.1, 0.15) is 6.61 Å². The summed E-state index contributed by atoms with van der Waals surface area (Å²) in [4.78, 5) is 12.1. The number of methoxy groups -OCH3 is 1. The molecule has 6 heteroatoms. The third-order valence-corrected chi connectivity index (χ3v) is 3.86. The Morgan fingerprint density at radius 1 is 1.17 bits per heavy atom. The van der Waals surface area contributed by atoms with E-state index in [1.54, 1.807) is 31.4 Å². The third-order valence-electron chi connectivity index (χ3n) is 3.14. The fourth-order valence-electron chi connectivity index (χ4n) is 1.98. The summed E-state index contributed by atoms with van der Waals surface area (Å²) in [6.07, 6.45) is 0. The van der Waals surface area contributed by atoms with Crippen molar-refractivity contribution in [1.82, 2.24) is 5.32 Å². The monoisotopic (exact) mass is 427 g/mol. The van der Waals surface area contributed by atoms with Gasteiger partial charge in [-0.3, -0.25) is 4.79 Å². The Morgan fingerprint density at radius 2 is 1.91 bits per heavy atom. The number of hydrogen-bond donors (Lipinski definition) is 2. The molecule has 0 fully saturated rings. The smallest absolute Gasteiger partial charge is 0.251 e. The van der Waals surface area contributed by atoms with E-state index in [9.17, 15) is 4.79 Å². The van der Waals surface area contributed by atoms with Gasteiger partial charge in [0.25, 0.3) is 5.91 Å². The molecular weight excluding hydrogens is 409 g/mol. The SMILES string of the molecule is COc1cc(CNC(=O)c2ccc(I)cc2)ccc1OCCO. The topological polar surface area (TPSA) is 67.8 Å². The number of halogens is 1. The molecule has 0 radical (unpaired) electrons. The highest BCUT2D eigenvalue weighted by Crippen LogP contribution is 2.28. The number of carbonyl (C=O) groups is 1. The Kier molecular flexibility index (Phi) is 6.66. The lowest BCUT2D eigenvalue weighted by Gasteiger charge is -2.12. The average Bonchev–Trinajstić information content (AvgIpc) is 2.58. The van der Waals surface area contributed by atoms with E-state index in [0.717, 1.165) is 9.13 Å². The van der Waals surface area contributed by atoms with E-state index in [4.69, 9.17) is 14.6 Å². The standard InChI is InChI=1S/C17H18INO4/c1-22-16-10-12(2-7-15(16)23-9-8-20)11-19-17(21)13-3-5-14(18)6-4-13/h2-7,10,20H,8-9,11H2,1H3,(H,19,21). The zero-order valence-corrected chi connectivity index (χ0v) is 14.9. The number of nitrogens with one attached hydrogen (secondary N) is 1. The van der Waals surface area contributed by atoms with E-state index in [0.29, 0.717) is 23.6 Å². The van der Waals surface area contributed by atoms with Crippen molar-refractivity contribution >= 4 is 28.5 Å². The van der Waals surface area contributed by atoms with E-state index in [2.05, 4.69) is 27.9 Å². The molecule has 0 bridgehead atoms. The highest BCUT2D eigenvalue weighted by atomic mass is 127. The minimum absolute atomic E-state index is 0.0586. The van der Waals surface area contributed by atoms with Gasteiger partial charge >= 0.3 is 0 Å². The number of benzene rings is 2. The van der Waals surface area contributed by atoms with Crippen LogP contribution in [0, 0.1) is 3.57 Å². The van der Waals surface area contributed by atoms with E-state index in [1.165, 1.54) is 0 Å². The fraction of sp³-hybridized carbons (Fsp3) is 0.235. The molecule has 1 amide bonds. The molecule has 2 aromatic carbocycles. The molecule has 122 valence electrons. The van der Waals surface area contributed by atoms with Crippen molar-refractivity contribution in [1.29, 1.82) is 0 Å². The van der Waals surface area contributed by atoms with Crippen molar-refractivity contribution in [3.63, 3.8) is 0 Å². The molecule has 0 aromatic heterocycles. The summed E-state index contributed by atoms with van der Waals surface area (Å²) in [5.41, 5.74) is 1.53. The van der Waals surface area contributed by atoms with E-state index >= 15 is 0 Å². The van der Waals surface area contributed by atoms with Gasteiger partial charge in [0.15, 0.2) is 11.5 Å². The van der Waals surface area contributed by atoms with E-state index in [-0.39, 0.29) is 19.1 Å². The highest BCUT2D eigenvalue weighted by molar-refractivity contribution is 14.1. The number of amides is 1. The summed E-state index contributed by atoms with van der Waals surface area (Å²) in [6, 6.07) is 12.8. The van der Waals surface area contributed by atoms with E-state index < -0.39 is 0 Å². The normalized spacial score (nSPS) is 10.2. The van der Waals surface area contributed by atoms with Gasteiger partial charge < -0.3 is 19.9 Å². The maximum atomic E-state index is 12.1. The molecule has 0 spiro atoms. The number of aliphatic hydroxyl groups is 1. The Hall–Kier alpha value is -1.80. The van der Waals surface area contributed by atoms with Crippen molar-refractivity contribution in [2.45, 2.75) is 6.54 Å². The lowest BCUT2D eigenvalue weighted by Crippen LogP contribution is -2.22. The van der Waals surface area contributed by atoms with Crippen LogP contribution in [0.15, 0.2) is 42.5 Å². The molecule has 0 heterocycles. The fourth-order valence-corrected chi connectivity index (χ4v) is 2.34. The first-order valence-electron chi connectivity index (χ1n) is 7.08. The third kappa shape index (κ3) is 5.11. The molecule has 2 aromatic rings. The second kappa shape index (κ2) is 8.73. The lowest BCUT2D eigenvalue weighted by atomic mass is 10.1. The second-order valence-corrected chi connectivity index (χ2v) is 5.99. The van der Waals surface area contributed by atoms with Gasteiger partial charge in [0.2, 0.25) is 0 Å². The van der Waals surface area contributed by atoms with Crippen LogP contribution in [0.25, 0.3) is 0 Å². The predicted octanol–water partition coefficient (Wildman–Crippen LogP) is 2.60. The molecule has 5 nitrogen and oxygen atoms in total. The van der Waals surface area contributed by atoms with Gasteiger partial charge in [-0.1, -0.05) is 6.07 Å². The highest BCUT2D eigenvalue weighted by Gasteiger charge is 2.08. The second-order valence-electron chi connectivity index (χ2n) is 4.75. The van der Waals surface area contributed by atoms with Gasteiger partial charge in [0, 0.05) is 15.7 Å². The molecule has 0 aliphatic rings. The molecular formula is C17H18INO4. The van der Waals surface area contributed by atoms with Crippen LogP contribution in [-0.4, -0.2) is 31.3 Å². The summed E-state index contributed by atoms with van der Waals surface area (Å²) in [5, 5.41) is 11.7. The van der Waals surface area contributed by atoms with Gasteiger partial charge in [-0.05, 0) is 64.6 Å². The van der Waals surface area contributed by atoms with Gasteiger partial charge in [-0.15, -0.1) is 0 Å².